The molecule has 282 valence electrons. The van der Waals surface area contributed by atoms with Gasteiger partial charge in [0.2, 0.25) is 0 Å². The van der Waals surface area contributed by atoms with Gasteiger partial charge in [-0.15, -0.1) is 0 Å². The molecular formula is C39H73O8P. The molecule has 0 aromatic carbocycles. The third kappa shape index (κ3) is 37.4. The summed E-state index contributed by atoms with van der Waals surface area (Å²) in [7, 11) is -4.75. The maximum Gasteiger partial charge on any atom is 0.469 e. The summed E-state index contributed by atoms with van der Waals surface area (Å²) in [4.78, 5) is 42.7. The Labute approximate surface area is 294 Å². The average molecular weight is 701 g/mol. The van der Waals surface area contributed by atoms with Crippen molar-refractivity contribution >= 4 is 19.8 Å². The summed E-state index contributed by atoms with van der Waals surface area (Å²) in [6.45, 7) is 3.65. The summed E-state index contributed by atoms with van der Waals surface area (Å²) in [6.07, 6.45) is 39.0. The zero-order valence-corrected chi connectivity index (χ0v) is 31.8. The monoisotopic (exact) mass is 701 g/mol. The van der Waals surface area contributed by atoms with E-state index in [2.05, 4.69) is 42.7 Å². The van der Waals surface area contributed by atoms with E-state index in [9.17, 15) is 14.2 Å². The fraction of sp³-hybridized carbons (Fsp3) is 0.846. The minimum absolute atomic E-state index is 0.200. The number of ether oxygens (including phenoxy) is 2. The Morgan fingerprint density at radius 1 is 0.521 bits per heavy atom. The van der Waals surface area contributed by atoms with Crippen LogP contribution in [0.15, 0.2) is 24.3 Å². The second kappa shape index (κ2) is 35.4. The molecular weight excluding hydrogens is 627 g/mol. The highest BCUT2D eigenvalue weighted by atomic mass is 31.2. The third-order valence-electron chi connectivity index (χ3n) is 8.44. The summed E-state index contributed by atoms with van der Waals surface area (Å²) < 4.78 is 26.3. The van der Waals surface area contributed by atoms with E-state index in [4.69, 9.17) is 19.3 Å². The molecule has 9 heteroatoms. The van der Waals surface area contributed by atoms with Crippen molar-refractivity contribution in [2.45, 2.75) is 200 Å². The molecule has 48 heavy (non-hydrogen) atoms. The number of hydrogen-bond acceptors (Lipinski definition) is 6. The molecule has 0 amide bonds. The highest BCUT2D eigenvalue weighted by Gasteiger charge is 2.22. The molecule has 8 nitrogen and oxygen atoms in total. The van der Waals surface area contributed by atoms with Crippen LogP contribution in [0.4, 0.5) is 0 Å². The van der Waals surface area contributed by atoms with Crippen molar-refractivity contribution in [1.29, 1.82) is 0 Å². The number of phosphoric ester groups is 1. The number of allylic oxidation sites excluding steroid dienone is 4. The molecule has 0 spiro atoms. The van der Waals surface area contributed by atoms with Gasteiger partial charge >= 0.3 is 19.8 Å². The van der Waals surface area contributed by atoms with Crippen molar-refractivity contribution in [3.8, 4) is 0 Å². The van der Waals surface area contributed by atoms with E-state index >= 15 is 0 Å². The lowest BCUT2D eigenvalue weighted by Crippen LogP contribution is -2.29. The quantitative estimate of drug-likeness (QED) is 0.0287. The summed E-state index contributed by atoms with van der Waals surface area (Å²) in [5, 5.41) is 0. The molecule has 0 aromatic heterocycles. The van der Waals surface area contributed by atoms with Crippen LogP contribution in [0.5, 0.6) is 0 Å². The summed E-state index contributed by atoms with van der Waals surface area (Å²) in [5.41, 5.74) is 0. The summed E-state index contributed by atoms with van der Waals surface area (Å²) >= 11 is 0. The van der Waals surface area contributed by atoms with E-state index in [0.717, 1.165) is 51.4 Å². The summed E-state index contributed by atoms with van der Waals surface area (Å²) in [6, 6.07) is 0. The molecule has 0 heterocycles. The minimum Gasteiger partial charge on any atom is -0.462 e. The van der Waals surface area contributed by atoms with Gasteiger partial charge < -0.3 is 19.3 Å². The zero-order chi connectivity index (χ0) is 35.4. The Kier molecular flexibility index (Phi) is 34.3. The maximum atomic E-state index is 12.4. The number of phosphoric acid groups is 1. The van der Waals surface area contributed by atoms with Gasteiger partial charge in [0.15, 0.2) is 6.10 Å². The largest absolute Gasteiger partial charge is 0.469 e. The molecule has 0 saturated heterocycles. The van der Waals surface area contributed by atoms with E-state index < -0.39 is 32.5 Å². The molecule has 0 fully saturated rings. The lowest BCUT2D eigenvalue weighted by molar-refractivity contribution is -0.161. The normalized spacial score (nSPS) is 12.7. The zero-order valence-electron chi connectivity index (χ0n) is 30.9. The SMILES string of the molecule is CCCCCCCC/C=C/CCCCCCCC(=O)O[C@H](COC(=O)CCCC/C=C/CCCCCCCCCCC)COP(=O)(O)O. The topological polar surface area (TPSA) is 119 Å². The van der Waals surface area contributed by atoms with Gasteiger partial charge in [-0.05, 0) is 64.2 Å². The van der Waals surface area contributed by atoms with Crippen molar-refractivity contribution in [1.82, 2.24) is 0 Å². The predicted octanol–water partition coefficient (Wildman–Crippen LogP) is 11.6. The van der Waals surface area contributed by atoms with Crippen LogP contribution in [0.1, 0.15) is 194 Å². The minimum atomic E-state index is -4.75. The molecule has 2 N–H and O–H groups in total. The van der Waals surface area contributed by atoms with E-state index in [1.807, 2.05) is 0 Å². The first-order chi connectivity index (χ1) is 23.3. The first-order valence-corrected chi connectivity index (χ1v) is 21.2. The Morgan fingerprint density at radius 3 is 1.31 bits per heavy atom. The van der Waals surface area contributed by atoms with Crippen LogP contribution < -0.4 is 0 Å². The first-order valence-electron chi connectivity index (χ1n) is 19.6. The molecule has 1 atom stereocenters. The number of esters is 2. The molecule has 0 rings (SSSR count). The van der Waals surface area contributed by atoms with Gasteiger partial charge in [-0.2, -0.15) is 0 Å². The lowest BCUT2D eigenvalue weighted by Gasteiger charge is -2.18. The molecule has 0 saturated carbocycles. The second-order valence-corrected chi connectivity index (χ2v) is 14.5. The first kappa shape index (κ1) is 46.5. The fourth-order valence-corrected chi connectivity index (χ4v) is 5.84. The highest BCUT2D eigenvalue weighted by Crippen LogP contribution is 2.36. The van der Waals surface area contributed by atoms with E-state index in [1.165, 1.54) is 103 Å². The Hall–Kier alpha value is -1.47. The Bertz CT molecular complexity index is 838. The average Bonchev–Trinajstić information content (AvgIpc) is 3.05. The number of hydrogen-bond donors (Lipinski definition) is 2. The smallest absolute Gasteiger partial charge is 0.462 e. The van der Waals surface area contributed by atoms with Gasteiger partial charge in [-0.1, -0.05) is 141 Å². The Morgan fingerprint density at radius 2 is 0.875 bits per heavy atom. The maximum absolute atomic E-state index is 12.4. The van der Waals surface area contributed by atoms with Crippen LogP contribution in [0, 0.1) is 0 Å². The lowest BCUT2D eigenvalue weighted by atomic mass is 10.1. The molecule has 0 bridgehead atoms. The Balaban J connectivity index is 3.98. The second-order valence-electron chi connectivity index (χ2n) is 13.2. The van der Waals surface area contributed by atoms with E-state index in [-0.39, 0.29) is 19.4 Å². The van der Waals surface area contributed by atoms with Gasteiger partial charge in [-0.25, -0.2) is 4.57 Å². The van der Waals surface area contributed by atoms with Gasteiger partial charge in [0.25, 0.3) is 0 Å². The van der Waals surface area contributed by atoms with Crippen LogP contribution in [0.2, 0.25) is 0 Å². The number of unbranched alkanes of at least 4 members (excludes halogenated alkanes) is 22. The molecule has 0 aliphatic heterocycles. The summed E-state index contributed by atoms with van der Waals surface area (Å²) in [5.74, 6) is -0.916. The van der Waals surface area contributed by atoms with Crippen molar-refractivity contribution in [3.63, 3.8) is 0 Å². The van der Waals surface area contributed by atoms with Crippen molar-refractivity contribution in [2.24, 2.45) is 0 Å². The van der Waals surface area contributed by atoms with Crippen LogP contribution in [-0.4, -0.2) is 41.0 Å². The highest BCUT2D eigenvalue weighted by molar-refractivity contribution is 7.46. The molecule has 0 aliphatic rings. The molecule has 0 radical (unpaired) electrons. The molecule has 0 aliphatic carbocycles. The van der Waals surface area contributed by atoms with Crippen molar-refractivity contribution < 1.29 is 37.9 Å². The van der Waals surface area contributed by atoms with E-state index in [0.29, 0.717) is 12.8 Å². The number of carbonyl (C=O) groups is 2. The van der Waals surface area contributed by atoms with Gasteiger partial charge in [-0.3, -0.25) is 14.1 Å². The van der Waals surface area contributed by atoms with Crippen LogP contribution in [-0.2, 0) is 28.2 Å². The number of rotatable bonds is 36. The third-order valence-corrected chi connectivity index (χ3v) is 8.93. The fourth-order valence-electron chi connectivity index (χ4n) is 5.48. The molecule has 0 unspecified atom stereocenters. The van der Waals surface area contributed by atoms with Crippen LogP contribution in [0.3, 0.4) is 0 Å². The van der Waals surface area contributed by atoms with E-state index in [1.54, 1.807) is 0 Å². The predicted molar refractivity (Wildman–Crippen MR) is 198 cm³/mol. The van der Waals surface area contributed by atoms with Crippen molar-refractivity contribution in [3.05, 3.63) is 24.3 Å². The van der Waals surface area contributed by atoms with Gasteiger partial charge in [0.05, 0.1) is 6.61 Å². The standard InChI is InChI=1S/C39H73O8P/c1-3-5-7-9-11-13-15-17-19-21-23-25-27-29-31-33-38(40)45-35-37(36-46-48(42,43)44)47-39(41)34-32-30-28-26-24-22-20-18-16-14-12-10-8-6-4-2/h18,20,23,25,37H,3-17,19,21-22,24,26-36H2,1-2H3,(H2,42,43,44)/b20-18+,25-23+/t37-/m1/s1. The van der Waals surface area contributed by atoms with Crippen molar-refractivity contribution in [2.75, 3.05) is 13.2 Å². The van der Waals surface area contributed by atoms with Gasteiger partial charge in [0.1, 0.15) is 6.61 Å². The van der Waals surface area contributed by atoms with Crippen LogP contribution >= 0.6 is 7.82 Å². The number of carbonyl (C=O) groups excluding carboxylic acids is 2. The molecule has 0 aromatic rings. The van der Waals surface area contributed by atoms with Gasteiger partial charge in [0, 0.05) is 12.8 Å². The van der Waals surface area contributed by atoms with Crippen LogP contribution in [0.25, 0.3) is 0 Å².